The van der Waals surface area contributed by atoms with Crippen molar-refractivity contribution < 1.29 is 24.5 Å². The van der Waals surface area contributed by atoms with Gasteiger partial charge in [-0.3, -0.25) is 9.59 Å². The van der Waals surface area contributed by atoms with E-state index in [-0.39, 0.29) is 24.9 Å². The smallest absolute Gasteiger partial charge is 0.306 e. The molecule has 63 heavy (non-hydrogen) atoms. The number of carbonyl (C=O) groups is 2. The molecule has 0 aromatic heterocycles. The second-order valence-electron chi connectivity index (χ2n) is 19.0. The van der Waals surface area contributed by atoms with Crippen LogP contribution in [-0.2, 0) is 14.3 Å². The van der Waals surface area contributed by atoms with Crippen molar-refractivity contribution in [2.24, 2.45) is 0 Å². The lowest BCUT2D eigenvalue weighted by Gasteiger charge is -2.24. The maximum atomic E-state index is 13.2. The van der Waals surface area contributed by atoms with Crippen LogP contribution >= 0.6 is 0 Å². The molecule has 0 aromatic carbocycles. The molecule has 0 spiro atoms. The van der Waals surface area contributed by atoms with Gasteiger partial charge in [0.1, 0.15) is 6.10 Å². The standard InChI is InChI=1S/C57H107NO5/c1-4-7-10-13-16-19-22-25-27-29-31-34-37-40-43-46-49-55(60)54(52-59)58-56(61)51-53(48-45-42-39-36-33-24-21-18-15-12-9-6-3)63-57(62)50-47-44-41-38-35-32-30-28-26-23-20-17-14-11-8-5-2/h9,12,18,21,28,30,53-55,59-60H,4-8,10-11,13-17,19-20,22-27,29,31-52H2,1-3H3,(H,58,61)/b12-9+,21-18+,30-28+. The van der Waals surface area contributed by atoms with Gasteiger partial charge in [-0.1, -0.05) is 237 Å². The van der Waals surface area contributed by atoms with E-state index in [1.165, 1.54) is 167 Å². The molecular formula is C57H107NO5. The number of carbonyl (C=O) groups excluding carboxylic acids is 2. The third-order valence-electron chi connectivity index (χ3n) is 12.7. The highest BCUT2D eigenvalue weighted by atomic mass is 16.5. The van der Waals surface area contributed by atoms with Gasteiger partial charge >= 0.3 is 5.97 Å². The van der Waals surface area contributed by atoms with Crippen LogP contribution in [0.5, 0.6) is 0 Å². The van der Waals surface area contributed by atoms with E-state index in [2.05, 4.69) is 62.5 Å². The molecular weight excluding hydrogens is 779 g/mol. The topological polar surface area (TPSA) is 95.9 Å². The zero-order valence-corrected chi connectivity index (χ0v) is 42.2. The number of aliphatic hydroxyl groups excluding tert-OH is 2. The van der Waals surface area contributed by atoms with Gasteiger partial charge in [-0.25, -0.2) is 0 Å². The molecule has 0 aliphatic rings. The third-order valence-corrected chi connectivity index (χ3v) is 12.7. The van der Waals surface area contributed by atoms with E-state index in [1.807, 2.05) is 0 Å². The molecule has 0 radical (unpaired) electrons. The van der Waals surface area contributed by atoms with Crippen LogP contribution in [0.15, 0.2) is 36.5 Å². The number of aliphatic hydroxyl groups is 2. The minimum absolute atomic E-state index is 0.0672. The van der Waals surface area contributed by atoms with Gasteiger partial charge in [0.05, 0.1) is 25.2 Å². The molecule has 0 saturated heterocycles. The number of nitrogens with one attached hydrogen (secondary N) is 1. The number of ether oxygens (including phenoxy) is 1. The molecule has 1 amide bonds. The Labute approximate surface area is 392 Å². The van der Waals surface area contributed by atoms with Crippen LogP contribution in [0.4, 0.5) is 0 Å². The predicted octanol–water partition coefficient (Wildman–Crippen LogP) is 16.8. The summed E-state index contributed by atoms with van der Waals surface area (Å²) in [6.45, 7) is 6.39. The lowest BCUT2D eigenvalue weighted by atomic mass is 10.0. The fourth-order valence-corrected chi connectivity index (χ4v) is 8.52. The Morgan fingerprint density at radius 2 is 0.857 bits per heavy atom. The fraction of sp³-hybridized carbons (Fsp3) is 0.860. The lowest BCUT2D eigenvalue weighted by molar-refractivity contribution is -0.151. The van der Waals surface area contributed by atoms with E-state index in [0.29, 0.717) is 19.3 Å². The second kappa shape index (κ2) is 51.1. The van der Waals surface area contributed by atoms with E-state index < -0.39 is 18.2 Å². The van der Waals surface area contributed by atoms with Crippen LogP contribution in [0.1, 0.15) is 290 Å². The summed E-state index contributed by atoms with van der Waals surface area (Å²) in [4.78, 5) is 26.2. The number of amides is 1. The molecule has 0 fully saturated rings. The maximum Gasteiger partial charge on any atom is 0.306 e. The van der Waals surface area contributed by atoms with Crippen molar-refractivity contribution in [1.82, 2.24) is 5.32 Å². The second-order valence-corrected chi connectivity index (χ2v) is 19.0. The van der Waals surface area contributed by atoms with Crippen molar-refractivity contribution in [2.75, 3.05) is 6.61 Å². The first-order chi connectivity index (χ1) is 31.0. The summed E-state index contributed by atoms with van der Waals surface area (Å²) in [6, 6.07) is -0.706. The van der Waals surface area contributed by atoms with Gasteiger partial charge < -0.3 is 20.3 Å². The fourth-order valence-electron chi connectivity index (χ4n) is 8.52. The van der Waals surface area contributed by atoms with Crippen LogP contribution < -0.4 is 5.32 Å². The quantitative estimate of drug-likeness (QED) is 0.0321. The van der Waals surface area contributed by atoms with Crippen molar-refractivity contribution in [2.45, 2.75) is 309 Å². The van der Waals surface area contributed by atoms with E-state index in [0.717, 1.165) is 77.0 Å². The van der Waals surface area contributed by atoms with E-state index >= 15 is 0 Å². The molecule has 0 aliphatic heterocycles. The Balaban J connectivity index is 4.50. The van der Waals surface area contributed by atoms with Crippen molar-refractivity contribution in [3.8, 4) is 0 Å². The summed E-state index contributed by atoms with van der Waals surface area (Å²) in [5.41, 5.74) is 0. The number of rotatable bonds is 50. The molecule has 0 heterocycles. The summed E-state index contributed by atoms with van der Waals surface area (Å²) in [5.74, 6) is -0.487. The monoisotopic (exact) mass is 886 g/mol. The van der Waals surface area contributed by atoms with E-state index in [9.17, 15) is 19.8 Å². The molecule has 3 atom stereocenters. The number of hydrogen-bond acceptors (Lipinski definition) is 5. The number of hydrogen-bond donors (Lipinski definition) is 3. The molecule has 3 unspecified atom stereocenters. The van der Waals surface area contributed by atoms with Crippen LogP contribution in [0.25, 0.3) is 0 Å². The van der Waals surface area contributed by atoms with Crippen molar-refractivity contribution in [3.05, 3.63) is 36.5 Å². The number of allylic oxidation sites excluding steroid dienone is 6. The molecule has 0 rings (SSSR count). The molecule has 0 bridgehead atoms. The Morgan fingerprint density at radius 1 is 0.476 bits per heavy atom. The van der Waals surface area contributed by atoms with Gasteiger partial charge in [-0.15, -0.1) is 0 Å². The van der Waals surface area contributed by atoms with Gasteiger partial charge in [-0.2, -0.15) is 0 Å². The van der Waals surface area contributed by atoms with Gasteiger partial charge in [-0.05, 0) is 77.0 Å². The number of unbranched alkanes of at least 4 members (excludes halogenated alkanes) is 32. The first-order valence-corrected chi connectivity index (χ1v) is 27.7. The third kappa shape index (κ3) is 46.4. The van der Waals surface area contributed by atoms with Crippen molar-refractivity contribution in [1.29, 1.82) is 0 Å². The van der Waals surface area contributed by atoms with Crippen LogP contribution in [-0.4, -0.2) is 46.9 Å². The minimum Gasteiger partial charge on any atom is -0.462 e. The highest BCUT2D eigenvalue weighted by molar-refractivity contribution is 5.77. The van der Waals surface area contributed by atoms with E-state index in [1.54, 1.807) is 0 Å². The Bertz CT molecular complexity index is 1040. The lowest BCUT2D eigenvalue weighted by Crippen LogP contribution is -2.46. The van der Waals surface area contributed by atoms with Crippen molar-refractivity contribution >= 4 is 11.9 Å². The van der Waals surface area contributed by atoms with Gasteiger partial charge in [0.15, 0.2) is 0 Å². The van der Waals surface area contributed by atoms with Gasteiger partial charge in [0.2, 0.25) is 5.91 Å². The molecule has 6 nitrogen and oxygen atoms in total. The summed E-state index contributed by atoms with van der Waals surface area (Å²) in [5, 5.41) is 23.8. The molecule has 370 valence electrons. The zero-order valence-electron chi connectivity index (χ0n) is 42.2. The van der Waals surface area contributed by atoms with Gasteiger partial charge in [0, 0.05) is 6.42 Å². The predicted molar refractivity (Wildman–Crippen MR) is 273 cm³/mol. The average Bonchev–Trinajstić information content (AvgIpc) is 3.28. The zero-order chi connectivity index (χ0) is 45.9. The summed E-state index contributed by atoms with van der Waals surface area (Å²) in [6.07, 6.45) is 60.7. The van der Waals surface area contributed by atoms with Crippen LogP contribution in [0.2, 0.25) is 0 Å². The highest BCUT2D eigenvalue weighted by Gasteiger charge is 2.24. The highest BCUT2D eigenvalue weighted by Crippen LogP contribution is 2.18. The summed E-state index contributed by atoms with van der Waals surface area (Å²) >= 11 is 0. The number of esters is 1. The van der Waals surface area contributed by atoms with E-state index in [4.69, 9.17) is 4.74 Å². The molecule has 0 aromatic rings. The summed E-state index contributed by atoms with van der Waals surface area (Å²) in [7, 11) is 0. The molecule has 6 heteroatoms. The molecule has 0 aliphatic carbocycles. The average molecular weight is 886 g/mol. The molecule has 3 N–H and O–H groups in total. The SMILES string of the molecule is CC/C=C/C/C=C/CCCCCCCC(CC(=O)NC(CO)C(O)CCCCCCCCCCCCCCCCCC)OC(=O)CCCCCCC/C=C/CCCCCCCCC. The summed E-state index contributed by atoms with van der Waals surface area (Å²) < 4.78 is 5.94. The van der Waals surface area contributed by atoms with Crippen LogP contribution in [0, 0.1) is 0 Å². The Kier molecular flexibility index (Phi) is 49.5. The normalized spacial score (nSPS) is 13.4. The van der Waals surface area contributed by atoms with Crippen LogP contribution in [0.3, 0.4) is 0 Å². The first-order valence-electron chi connectivity index (χ1n) is 27.7. The maximum absolute atomic E-state index is 13.2. The first kappa shape index (κ1) is 61.1. The Hall–Kier alpha value is -1.92. The minimum atomic E-state index is -0.792. The van der Waals surface area contributed by atoms with Crippen molar-refractivity contribution in [3.63, 3.8) is 0 Å². The van der Waals surface area contributed by atoms with Gasteiger partial charge in [0.25, 0.3) is 0 Å². The Morgan fingerprint density at radius 3 is 1.30 bits per heavy atom. The molecule has 0 saturated carbocycles. The largest absolute Gasteiger partial charge is 0.462 e.